The molecular formula is C37H41ClF3N7O2. The summed E-state index contributed by atoms with van der Waals surface area (Å²) in [5.74, 6) is -0.779. The lowest BCUT2D eigenvalue weighted by Gasteiger charge is -2.31. The second-order valence-corrected chi connectivity index (χ2v) is 14.4. The third-order valence-electron chi connectivity index (χ3n) is 10.7. The van der Waals surface area contributed by atoms with Crippen molar-refractivity contribution in [2.24, 2.45) is 0 Å². The van der Waals surface area contributed by atoms with E-state index in [0.717, 1.165) is 24.8 Å². The maximum Gasteiger partial charge on any atom is 0.319 e. The van der Waals surface area contributed by atoms with Crippen LogP contribution in [0, 0.1) is 5.82 Å². The van der Waals surface area contributed by atoms with Gasteiger partial charge in [-0.3, -0.25) is 14.7 Å². The number of halogens is 4. The van der Waals surface area contributed by atoms with E-state index in [1.54, 1.807) is 30.2 Å². The Bertz CT molecular complexity index is 1960. The van der Waals surface area contributed by atoms with E-state index < -0.39 is 29.7 Å². The molecule has 0 N–H and O–H groups in total. The molecule has 2 aromatic heterocycles. The largest absolute Gasteiger partial charge is 0.461 e. The first-order valence-electron chi connectivity index (χ1n) is 17.0. The first-order valence-corrected chi connectivity index (χ1v) is 17.4. The topological polar surface area (TPSA) is 77.9 Å². The van der Waals surface area contributed by atoms with Gasteiger partial charge >= 0.3 is 6.01 Å². The number of amides is 1. The van der Waals surface area contributed by atoms with Gasteiger partial charge in [-0.15, -0.1) is 0 Å². The number of aromatic nitrogens is 3. The summed E-state index contributed by atoms with van der Waals surface area (Å²) in [6.07, 6.45) is 4.43. The van der Waals surface area contributed by atoms with Gasteiger partial charge in [-0.2, -0.15) is 9.97 Å². The SMILES string of the molecule is C[C@@H](/C=C/C(=O)N1C[C@H](F)[C@@H](N(C)c2nc(OC[C@@]34CCCN3C[C@H](F)C4)nc3c(F)c(-c4cccc5cccc(Cl)c45)ncc23)C1)N(C)C. The minimum Gasteiger partial charge on any atom is -0.461 e. The standard InChI is InChI=1S/C37H41ClF3N7O2/c1-22(45(2)3)12-13-30(49)47-19-28(40)29(20-47)46(4)35-26-17-42-33(25-10-5-8-23-9-6-11-27(38)31(23)25)32(41)34(26)43-36(44-35)50-21-37-14-7-15-48(37)18-24(39)16-37/h5-6,8-13,17,22,24,28-29H,7,14-16,18-21H2,1-4H3/b13-12+/t22-,24+,28-,29-,37-/m0/s1. The van der Waals surface area contributed by atoms with Gasteiger partial charge in [0.1, 0.15) is 36.0 Å². The number of benzene rings is 2. The van der Waals surface area contributed by atoms with Crippen LogP contribution in [-0.4, -0.2) is 119 Å². The number of anilines is 1. The Morgan fingerprint density at radius 1 is 1.14 bits per heavy atom. The Hall–Kier alpha value is -4.00. The van der Waals surface area contributed by atoms with Crippen LogP contribution in [0.1, 0.15) is 26.2 Å². The number of hydrogen-bond acceptors (Lipinski definition) is 8. The zero-order valence-corrected chi connectivity index (χ0v) is 29.4. The first-order chi connectivity index (χ1) is 24.0. The molecule has 9 nitrogen and oxygen atoms in total. The summed E-state index contributed by atoms with van der Waals surface area (Å²) in [5.41, 5.74) is 0.00271. The molecule has 0 radical (unpaired) electrons. The normalized spacial score (nSPS) is 24.6. The minimum absolute atomic E-state index is 0.0278. The molecule has 3 aliphatic rings. The fourth-order valence-corrected chi connectivity index (χ4v) is 7.91. The van der Waals surface area contributed by atoms with E-state index in [1.165, 1.54) is 17.2 Å². The van der Waals surface area contributed by atoms with Crippen LogP contribution in [0.4, 0.5) is 19.0 Å². The average molecular weight is 708 g/mol. The smallest absolute Gasteiger partial charge is 0.319 e. The molecular weight excluding hydrogens is 667 g/mol. The summed E-state index contributed by atoms with van der Waals surface area (Å²) < 4.78 is 53.3. The van der Waals surface area contributed by atoms with Crippen LogP contribution in [0.2, 0.25) is 5.02 Å². The van der Waals surface area contributed by atoms with Crippen molar-refractivity contribution >= 4 is 45.0 Å². The molecule has 0 bridgehead atoms. The van der Waals surface area contributed by atoms with Crippen molar-refractivity contribution in [2.75, 3.05) is 58.8 Å². The van der Waals surface area contributed by atoms with Crippen LogP contribution in [0.3, 0.4) is 0 Å². The molecule has 2 aromatic carbocycles. The van der Waals surface area contributed by atoms with Crippen molar-refractivity contribution in [1.29, 1.82) is 0 Å². The fraction of sp³-hybridized carbons (Fsp3) is 0.459. The van der Waals surface area contributed by atoms with Gasteiger partial charge < -0.3 is 19.4 Å². The fourth-order valence-electron chi connectivity index (χ4n) is 7.63. The number of nitrogens with zero attached hydrogens (tertiary/aromatic N) is 7. The van der Waals surface area contributed by atoms with Crippen LogP contribution >= 0.6 is 11.6 Å². The lowest BCUT2D eigenvalue weighted by Crippen LogP contribution is -2.43. The maximum atomic E-state index is 16.8. The molecule has 0 unspecified atom stereocenters. The lowest BCUT2D eigenvalue weighted by molar-refractivity contribution is -0.125. The molecule has 7 rings (SSSR count). The number of carbonyl (C=O) groups excluding carboxylic acids is 1. The predicted octanol–water partition coefficient (Wildman–Crippen LogP) is 6.08. The molecule has 3 saturated heterocycles. The summed E-state index contributed by atoms with van der Waals surface area (Å²) >= 11 is 6.60. The van der Waals surface area contributed by atoms with Gasteiger partial charge in [-0.25, -0.2) is 13.2 Å². The van der Waals surface area contributed by atoms with Crippen molar-refractivity contribution in [3.05, 3.63) is 65.6 Å². The predicted molar refractivity (Wildman–Crippen MR) is 190 cm³/mol. The van der Waals surface area contributed by atoms with E-state index in [4.69, 9.17) is 21.3 Å². The van der Waals surface area contributed by atoms with Crippen molar-refractivity contribution in [3.63, 3.8) is 0 Å². The number of rotatable bonds is 9. The summed E-state index contributed by atoms with van der Waals surface area (Å²) in [5, 5.41) is 2.19. The van der Waals surface area contributed by atoms with Gasteiger partial charge in [0.25, 0.3) is 0 Å². The van der Waals surface area contributed by atoms with E-state index in [9.17, 15) is 9.18 Å². The Morgan fingerprint density at radius 2 is 1.92 bits per heavy atom. The second kappa shape index (κ2) is 13.6. The lowest BCUT2D eigenvalue weighted by atomic mass is 9.95. The monoisotopic (exact) mass is 707 g/mol. The van der Waals surface area contributed by atoms with Crippen LogP contribution in [0.15, 0.2) is 54.7 Å². The van der Waals surface area contributed by atoms with E-state index in [2.05, 4.69) is 14.9 Å². The van der Waals surface area contributed by atoms with Crippen molar-refractivity contribution in [2.45, 2.75) is 56.2 Å². The van der Waals surface area contributed by atoms with E-state index >= 15 is 8.78 Å². The van der Waals surface area contributed by atoms with E-state index in [-0.39, 0.29) is 60.1 Å². The molecule has 5 heterocycles. The second-order valence-electron chi connectivity index (χ2n) is 14.0. The average Bonchev–Trinajstić information content (AvgIpc) is 3.77. The maximum absolute atomic E-state index is 16.8. The number of ether oxygens (including phenoxy) is 1. The zero-order valence-electron chi connectivity index (χ0n) is 28.6. The van der Waals surface area contributed by atoms with Gasteiger partial charge in [0.2, 0.25) is 5.91 Å². The molecule has 0 aliphatic carbocycles. The highest BCUT2D eigenvalue weighted by Crippen LogP contribution is 2.41. The number of fused-ring (bicyclic) bond motifs is 3. The highest BCUT2D eigenvalue weighted by molar-refractivity contribution is 6.36. The third-order valence-corrected chi connectivity index (χ3v) is 11.0. The third kappa shape index (κ3) is 6.26. The van der Waals surface area contributed by atoms with Crippen LogP contribution in [0.25, 0.3) is 32.9 Å². The number of likely N-dealkylation sites (tertiary alicyclic amines) is 1. The Balaban J connectivity index is 1.27. The number of carbonyl (C=O) groups is 1. The molecule has 4 aromatic rings. The zero-order chi connectivity index (χ0) is 35.3. The summed E-state index contributed by atoms with van der Waals surface area (Å²) in [4.78, 5) is 34.0. The molecule has 264 valence electrons. The summed E-state index contributed by atoms with van der Waals surface area (Å²) in [7, 11) is 5.49. The van der Waals surface area contributed by atoms with Crippen LogP contribution < -0.4 is 9.64 Å². The van der Waals surface area contributed by atoms with Crippen LogP contribution in [0.5, 0.6) is 6.01 Å². The van der Waals surface area contributed by atoms with Gasteiger partial charge in [0.15, 0.2) is 5.82 Å². The minimum atomic E-state index is -1.40. The van der Waals surface area contributed by atoms with E-state index in [1.807, 2.05) is 50.2 Å². The number of pyridine rings is 1. The number of alkyl halides is 2. The highest BCUT2D eigenvalue weighted by atomic mass is 35.5. The highest BCUT2D eigenvalue weighted by Gasteiger charge is 2.49. The van der Waals surface area contributed by atoms with Gasteiger partial charge in [0.05, 0.1) is 23.5 Å². The van der Waals surface area contributed by atoms with Gasteiger partial charge in [0, 0.05) is 60.8 Å². The molecule has 50 heavy (non-hydrogen) atoms. The van der Waals surface area contributed by atoms with Crippen molar-refractivity contribution < 1.29 is 22.7 Å². The Morgan fingerprint density at radius 3 is 2.70 bits per heavy atom. The van der Waals surface area contributed by atoms with Gasteiger partial charge in [-0.05, 0) is 51.9 Å². The van der Waals surface area contributed by atoms with Gasteiger partial charge in [-0.1, -0.05) is 48.0 Å². The van der Waals surface area contributed by atoms with Crippen LogP contribution in [-0.2, 0) is 4.79 Å². The molecule has 5 atom stereocenters. The molecule has 1 amide bonds. The molecule has 3 fully saturated rings. The van der Waals surface area contributed by atoms with Crippen molar-refractivity contribution in [3.8, 4) is 17.3 Å². The van der Waals surface area contributed by atoms with Crippen molar-refractivity contribution in [1.82, 2.24) is 29.7 Å². The summed E-state index contributed by atoms with van der Waals surface area (Å²) in [6.45, 7) is 3.23. The summed E-state index contributed by atoms with van der Waals surface area (Å²) in [6, 6.07) is 10.1. The first kappa shape index (κ1) is 34.4. The number of hydrogen-bond donors (Lipinski definition) is 0. The molecule has 13 heteroatoms. The Kier molecular flexibility index (Phi) is 9.38. The van der Waals surface area contributed by atoms with E-state index in [0.29, 0.717) is 28.9 Å². The molecule has 0 saturated carbocycles. The molecule has 3 aliphatic heterocycles. The quantitative estimate of drug-likeness (QED) is 0.194. The number of likely N-dealkylation sites (N-methyl/N-ethyl adjacent to an activating group) is 2. The Labute approximate surface area is 294 Å². The molecule has 0 spiro atoms.